The normalized spacial score (nSPS) is 36.8. The van der Waals surface area contributed by atoms with Crippen molar-refractivity contribution >= 4 is 32.9 Å². The zero-order valence-corrected chi connectivity index (χ0v) is 19.4. The minimum atomic E-state index is -5.23. The van der Waals surface area contributed by atoms with Crippen LogP contribution in [0.15, 0.2) is 12.2 Å². The van der Waals surface area contributed by atoms with Crippen molar-refractivity contribution in [3.63, 3.8) is 0 Å². The van der Waals surface area contributed by atoms with E-state index in [2.05, 4.69) is 16.6 Å². The number of amides is 1. The van der Waals surface area contributed by atoms with Crippen LogP contribution in [0.2, 0.25) is 4.94 Å². The van der Waals surface area contributed by atoms with Crippen LogP contribution in [0.4, 0.5) is 22.0 Å². The van der Waals surface area contributed by atoms with Gasteiger partial charge < -0.3 is 0 Å². The van der Waals surface area contributed by atoms with Crippen LogP contribution in [0.25, 0.3) is 0 Å². The topological polar surface area (TPSA) is 62.2 Å². The molecule has 162 valence electrons. The molecule has 0 bridgehead atoms. The molecule has 10 heteroatoms. The molecular weight excluding hydrogens is 502 g/mol. The number of ether oxygens (including phenoxy) is 1. The van der Waals surface area contributed by atoms with Gasteiger partial charge in [-0.25, -0.2) is 0 Å². The van der Waals surface area contributed by atoms with Gasteiger partial charge in [0.25, 0.3) is 0 Å². The van der Waals surface area contributed by atoms with E-state index in [1.165, 1.54) is 0 Å². The summed E-state index contributed by atoms with van der Waals surface area (Å²) in [6.45, 7) is 7.06. The van der Waals surface area contributed by atoms with E-state index >= 15 is 0 Å². The molecular formula is C19H25F5N2O2Sn. The van der Waals surface area contributed by atoms with Crippen LogP contribution in [-0.4, -0.2) is 54.7 Å². The van der Waals surface area contributed by atoms with Gasteiger partial charge in [-0.15, -0.1) is 0 Å². The van der Waals surface area contributed by atoms with Gasteiger partial charge in [-0.05, 0) is 0 Å². The summed E-state index contributed by atoms with van der Waals surface area (Å²) in [7, 11) is 0. The molecule has 2 radical (unpaired) electrons. The van der Waals surface area contributed by atoms with E-state index in [-0.39, 0.29) is 23.7 Å². The first-order valence-electron chi connectivity index (χ1n) is 9.60. The number of alkyl halides is 5. The predicted molar refractivity (Wildman–Crippen MR) is 97.9 cm³/mol. The molecule has 3 saturated carbocycles. The van der Waals surface area contributed by atoms with Crippen molar-refractivity contribution in [2.45, 2.75) is 59.8 Å². The Morgan fingerprint density at radius 3 is 2.45 bits per heavy atom. The molecule has 3 fully saturated rings. The summed E-state index contributed by atoms with van der Waals surface area (Å²) in [4.78, 5) is 13.2. The van der Waals surface area contributed by atoms with E-state index in [1.807, 2.05) is 6.92 Å². The monoisotopic (exact) mass is 528 g/mol. The van der Waals surface area contributed by atoms with Crippen molar-refractivity contribution in [1.82, 2.24) is 5.32 Å². The molecule has 0 aromatic heterocycles. The molecule has 0 aromatic carbocycles. The van der Waals surface area contributed by atoms with Crippen molar-refractivity contribution in [3.8, 4) is 0 Å². The number of hydrogen-bond donors (Lipinski definition) is 2. The fourth-order valence-corrected chi connectivity index (χ4v) is 7.05. The molecule has 0 heterocycles. The molecule has 3 aliphatic rings. The fourth-order valence-electron chi connectivity index (χ4n) is 5.67. The zero-order valence-electron chi connectivity index (χ0n) is 16.5. The molecule has 0 spiro atoms. The van der Waals surface area contributed by atoms with Crippen molar-refractivity contribution in [3.05, 3.63) is 12.2 Å². The van der Waals surface area contributed by atoms with Gasteiger partial charge in [0.15, 0.2) is 0 Å². The van der Waals surface area contributed by atoms with Crippen LogP contribution < -0.4 is 5.32 Å². The number of rotatable bonds is 6. The van der Waals surface area contributed by atoms with Crippen molar-refractivity contribution in [2.75, 3.05) is 0 Å². The first-order valence-corrected chi connectivity index (χ1v) is 13.9. The Hall–Kier alpha value is -0.871. The third-order valence-corrected chi connectivity index (χ3v) is 9.49. The Bertz CT molecular complexity index is 728. The molecule has 0 saturated heterocycles. The SMILES string of the molecule is C=C(C)C(=O)NC12CC3CC(C)C(C(=N)OC(C(F)(F)F)[C](F)(F)[Sn][CH3])C(C1)C32. The van der Waals surface area contributed by atoms with Gasteiger partial charge in [0.05, 0.1) is 0 Å². The molecule has 0 aromatic rings. The summed E-state index contributed by atoms with van der Waals surface area (Å²) >= 11 is -2.63. The van der Waals surface area contributed by atoms with Crippen LogP contribution in [0.5, 0.6) is 0 Å². The summed E-state index contributed by atoms with van der Waals surface area (Å²) in [6.07, 6.45) is -6.49. The number of hydrogen-bond acceptors (Lipinski definition) is 3. The Morgan fingerprint density at radius 2 is 1.93 bits per heavy atom. The van der Waals surface area contributed by atoms with Crippen molar-refractivity contribution < 1.29 is 31.5 Å². The van der Waals surface area contributed by atoms with E-state index in [9.17, 15) is 26.7 Å². The molecule has 3 rings (SSSR count). The summed E-state index contributed by atoms with van der Waals surface area (Å²) in [6, 6.07) is 0. The van der Waals surface area contributed by atoms with Crippen LogP contribution in [0.3, 0.4) is 0 Å². The van der Waals surface area contributed by atoms with Gasteiger partial charge in [0, 0.05) is 0 Å². The fraction of sp³-hybridized carbons (Fsp3) is 0.789. The molecule has 2 N–H and O–H groups in total. The first-order chi connectivity index (χ1) is 13.2. The summed E-state index contributed by atoms with van der Waals surface area (Å²) in [5.41, 5.74) is -0.0297. The minimum absolute atomic E-state index is 0.0449. The Balaban J connectivity index is 1.75. The number of carbonyl (C=O) groups is 1. The van der Waals surface area contributed by atoms with Crippen LogP contribution in [-0.2, 0) is 9.53 Å². The van der Waals surface area contributed by atoms with Gasteiger partial charge in [0.1, 0.15) is 0 Å². The second-order valence-corrected chi connectivity index (χ2v) is 12.1. The van der Waals surface area contributed by atoms with Gasteiger partial charge >= 0.3 is 177 Å². The number of nitrogens with one attached hydrogen (secondary N) is 2. The zero-order chi connectivity index (χ0) is 21.9. The molecule has 7 atom stereocenters. The molecule has 7 unspecified atom stereocenters. The van der Waals surface area contributed by atoms with Crippen LogP contribution >= 0.6 is 0 Å². The van der Waals surface area contributed by atoms with E-state index < -0.39 is 54.7 Å². The third kappa shape index (κ3) is 3.80. The Labute approximate surface area is 176 Å². The third-order valence-electron chi connectivity index (χ3n) is 6.84. The van der Waals surface area contributed by atoms with Gasteiger partial charge in [-0.3, -0.25) is 0 Å². The molecule has 29 heavy (non-hydrogen) atoms. The Kier molecular flexibility index (Phi) is 5.80. The van der Waals surface area contributed by atoms with Gasteiger partial charge in [0.2, 0.25) is 0 Å². The quantitative estimate of drug-likeness (QED) is 0.181. The summed E-state index contributed by atoms with van der Waals surface area (Å²) in [5, 5.41) is 11.1. The summed E-state index contributed by atoms with van der Waals surface area (Å²) < 4.78 is 68.4. The molecule has 1 amide bonds. The van der Waals surface area contributed by atoms with Crippen molar-refractivity contribution in [1.29, 1.82) is 5.41 Å². The predicted octanol–water partition coefficient (Wildman–Crippen LogP) is 4.00. The standard InChI is InChI=1S/C18H22F5N2O2.CH3.Sn/c1-7(2)16(26)25-17-5-9-4-8(3)11(10(6-17)12(9)17)15(24)27-13(14(19)20)18(21,22)23;;/h8-13,24H,1,4-6H2,2-3H3,(H,25,26);1H3;. The van der Waals surface area contributed by atoms with Crippen LogP contribution in [0.1, 0.15) is 33.1 Å². The Morgan fingerprint density at radius 1 is 1.31 bits per heavy atom. The second kappa shape index (κ2) is 7.37. The van der Waals surface area contributed by atoms with Gasteiger partial charge in [-0.1, -0.05) is 0 Å². The summed E-state index contributed by atoms with van der Waals surface area (Å²) in [5.74, 6) is -1.50. The maximum atomic E-state index is 14.0. The van der Waals surface area contributed by atoms with Gasteiger partial charge in [-0.2, -0.15) is 0 Å². The average molecular weight is 527 g/mol. The first kappa shape index (κ1) is 22.8. The molecule has 0 aliphatic heterocycles. The average Bonchev–Trinajstić information content (AvgIpc) is 2.55. The van der Waals surface area contributed by atoms with E-state index in [0.717, 1.165) is 11.4 Å². The van der Waals surface area contributed by atoms with E-state index in [0.29, 0.717) is 24.3 Å². The van der Waals surface area contributed by atoms with E-state index in [1.54, 1.807) is 6.92 Å². The maximum absolute atomic E-state index is 14.0. The van der Waals surface area contributed by atoms with Crippen molar-refractivity contribution in [2.24, 2.45) is 29.6 Å². The number of halogens is 5. The second-order valence-electron chi connectivity index (χ2n) is 8.76. The van der Waals surface area contributed by atoms with Crippen LogP contribution in [0, 0.1) is 35.0 Å². The van der Waals surface area contributed by atoms with E-state index in [4.69, 9.17) is 5.41 Å². The molecule has 4 nitrogen and oxygen atoms in total. The number of carbonyl (C=O) groups excluding carboxylic acids is 1. The molecule has 3 aliphatic carbocycles.